The Morgan fingerprint density at radius 3 is 1.94 bits per heavy atom. The van der Waals surface area contributed by atoms with E-state index in [1.807, 2.05) is 32.0 Å². The summed E-state index contributed by atoms with van der Waals surface area (Å²) in [6, 6.07) is 5.67. The molecule has 0 aromatic heterocycles. The van der Waals surface area contributed by atoms with Gasteiger partial charge in [-0.1, -0.05) is 50.7 Å². The van der Waals surface area contributed by atoms with Gasteiger partial charge in [0.05, 0.1) is 5.02 Å². The third-order valence-corrected chi connectivity index (χ3v) is 6.45. The van der Waals surface area contributed by atoms with Gasteiger partial charge in [-0.3, -0.25) is 0 Å². The van der Waals surface area contributed by atoms with E-state index in [1.165, 1.54) is 0 Å². The number of carbonyl (C=O) groups is 2. The summed E-state index contributed by atoms with van der Waals surface area (Å²) in [5.74, 6) is 0.521. The van der Waals surface area contributed by atoms with Crippen LogP contribution in [0.1, 0.15) is 50.7 Å². The number of hydrogen-bond acceptors (Lipinski definition) is 6. The maximum atomic E-state index is 11.7. The summed E-state index contributed by atoms with van der Waals surface area (Å²) < 4.78 is 23.5. The molecule has 2 unspecified atom stereocenters. The van der Waals surface area contributed by atoms with Gasteiger partial charge in [0.2, 0.25) is 0 Å². The molecule has 0 aliphatic heterocycles. The van der Waals surface area contributed by atoms with Crippen LogP contribution in [0.2, 0.25) is 5.02 Å². The molecule has 0 N–H and O–H groups in total. The van der Waals surface area contributed by atoms with Crippen LogP contribution in [0.15, 0.2) is 43.5 Å². The quantitative estimate of drug-likeness (QED) is 0.257. The predicted octanol–water partition coefficient (Wildman–Crippen LogP) is 6.15. The molecule has 35 heavy (non-hydrogen) atoms. The summed E-state index contributed by atoms with van der Waals surface area (Å²) in [7, 11) is 0. The monoisotopic (exact) mass is 500 g/mol. The molecule has 0 fully saturated rings. The van der Waals surface area contributed by atoms with E-state index >= 15 is 0 Å². The van der Waals surface area contributed by atoms with E-state index < -0.39 is 24.1 Å². The van der Waals surface area contributed by atoms with Crippen LogP contribution in [-0.2, 0) is 31.9 Å². The number of carbonyl (C=O) groups excluding carboxylic acids is 2. The maximum Gasteiger partial charge on any atom is 0.330 e. The molecule has 0 amide bonds. The van der Waals surface area contributed by atoms with Crippen LogP contribution in [0.4, 0.5) is 0 Å². The van der Waals surface area contributed by atoms with Crippen LogP contribution in [0.3, 0.4) is 0 Å². The summed E-state index contributed by atoms with van der Waals surface area (Å²) in [6.07, 6.45) is 6.46. The van der Waals surface area contributed by atoms with Crippen molar-refractivity contribution in [2.45, 2.75) is 64.6 Å². The lowest BCUT2D eigenvalue weighted by molar-refractivity contribution is -0.145. The minimum Gasteiger partial charge on any atom is -0.489 e. The molecule has 1 aliphatic rings. The summed E-state index contributed by atoms with van der Waals surface area (Å²) in [6.45, 7) is 11.2. The Morgan fingerprint density at radius 1 is 0.914 bits per heavy atom. The molecule has 2 aromatic rings. The molecule has 2 aromatic carbocycles. The van der Waals surface area contributed by atoms with Gasteiger partial charge in [-0.2, -0.15) is 0 Å². The van der Waals surface area contributed by atoms with E-state index in [2.05, 4.69) is 13.2 Å². The fourth-order valence-electron chi connectivity index (χ4n) is 4.24. The van der Waals surface area contributed by atoms with E-state index in [0.29, 0.717) is 23.6 Å². The minimum atomic E-state index is -0.475. The molecule has 0 saturated heterocycles. The van der Waals surface area contributed by atoms with Gasteiger partial charge >= 0.3 is 11.9 Å². The number of ether oxygens (including phenoxy) is 4. The molecule has 7 heteroatoms. The highest BCUT2D eigenvalue weighted by Crippen LogP contribution is 2.46. The van der Waals surface area contributed by atoms with Crippen molar-refractivity contribution < 1.29 is 28.5 Å². The van der Waals surface area contributed by atoms with Crippen molar-refractivity contribution in [2.75, 3.05) is 13.2 Å². The van der Waals surface area contributed by atoms with Crippen LogP contribution in [-0.4, -0.2) is 37.4 Å². The number of esters is 2. The maximum absolute atomic E-state index is 11.7. The summed E-state index contributed by atoms with van der Waals surface area (Å²) in [5, 5.41) is 2.16. The van der Waals surface area contributed by atoms with Crippen molar-refractivity contribution in [2.24, 2.45) is 0 Å². The van der Waals surface area contributed by atoms with Crippen molar-refractivity contribution in [1.82, 2.24) is 0 Å². The second-order valence-electron chi connectivity index (χ2n) is 8.45. The van der Waals surface area contributed by atoms with Gasteiger partial charge in [0.25, 0.3) is 0 Å². The molecular weight excluding hydrogens is 468 g/mol. The summed E-state index contributed by atoms with van der Waals surface area (Å²) in [4.78, 5) is 23.4. The van der Waals surface area contributed by atoms with Crippen molar-refractivity contribution in [3.63, 3.8) is 0 Å². The topological polar surface area (TPSA) is 71.1 Å². The predicted molar refractivity (Wildman–Crippen MR) is 137 cm³/mol. The van der Waals surface area contributed by atoms with Crippen LogP contribution in [0.5, 0.6) is 11.5 Å². The Morgan fingerprint density at radius 2 is 1.43 bits per heavy atom. The van der Waals surface area contributed by atoms with Crippen molar-refractivity contribution in [1.29, 1.82) is 0 Å². The van der Waals surface area contributed by atoms with Gasteiger partial charge in [-0.05, 0) is 44.6 Å². The Labute approximate surface area is 211 Å². The molecule has 6 nitrogen and oxygen atoms in total. The number of fused-ring (bicyclic) bond motifs is 2. The largest absolute Gasteiger partial charge is 0.489 e. The van der Waals surface area contributed by atoms with Crippen molar-refractivity contribution >= 4 is 34.3 Å². The van der Waals surface area contributed by atoms with Crippen molar-refractivity contribution in [3.8, 4) is 11.5 Å². The lowest BCUT2D eigenvalue weighted by atomic mass is 9.87. The molecular formula is C28H33ClO6. The van der Waals surface area contributed by atoms with Crippen LogP contribution in [0, 0.1) is 0 Å². The minimum absolute atomic E-state index is 0.207. The van der Waals surface area contributed by atoms with E-state index in [-0.39, 0.29) is 13.2 Å². The van der Waals surface area contributed by atoms with Crippen molar-refractivity contribution in [3.05, 3.63) is 59.7 Å². The Bertz CT molecular complexity index is 1090. The molecule has 0 bridgehead atoms. The van der Waals surface area contributed by atoms with E-state index in [4.69, 9.17) is 30.5 Å². The van der Waals surface area contributed by atoms with Gasteiger partial charge < -0.3 is 18.9 Å². The molecule has 0 radical (unpaired) electrons. The zero-order valence-electron chi connectivity index (χ0n) is 20.4. The second kappa shape index (κ2) is 12.6. The second-order valence-corrected chi connectivity index (χ2v) is 8.86. The van der Waals surface area contributed by atoms with E-state index in [0.717, 1.165) is 65.5 Å². The lowest BCUT2D eigenvalue weighted by Crippen LogP contribution is -2.25. The highest BCUT2D eigenvalue weighted by atomic mass is 35.5. The average Bonchev–Trinajstić information content (AvgIpc) is 2.88. The third kappa shape index (κ3) is 6.37. The average molecular weight is 501 g/mol. The Hall–Kier alpha value is -2.99. The van der Waals surface area contributed by atoms with E-state index in [9.17, 15) is 9.59 Å². The van der Waals surface area contributed by atoms with Crippen LogP contribution >= 0.6 is 11.6 Å². The first-order valence-corrected chi connectivity index (χ1v) is 12.5. The zero-order valence-corrected chi connectivity index (χ0v) is 21.2. The summed E-state index contributed by atoms with van der Waals surface area (Å²) in [5.41, 5.74) is 2.15. The fourth-order valence-corrected chi connectivity index (χ4v) is 4.50. The first-order chi connectivity index (χ1) is 16.9. The third-order valence-electron chi connectivity index (χ3n) is 6.14. The molecule has 3 rings (SSSR count). The molecule has 1 aliphatic carbocycles. The highest BCUT2D eigenvalue weighted by Gasteiger charge is 2.26. The summed E-state index contributed by atoms with van der Waals surface area (Å²) >= 11 is 6.70. The van der Waals surface area contributed by atoms with Gasteiger partial charge in [0.15, 0.2) is 0 Å². The number of rotatable bonds is 12. The van der Waals surface area contributed by atoms with Gasteiger partial charge in [-0.15, -0.1) is 0 Å². The number of benzene rings is 2. The Kier molecular flexibility index (Phi) is 9.61. The molecule has 0 spiro atoms. The Balaban J connectivity index is 2.00. The molecule has 0 saturated carbocycles. The van der Waals surface area contributed by atoms with Crippen LogP contribution in [0.25, 0.3) is 10.8 Å². The van der Waals surface area contributed by atoms with E-state index in [1.54, 1.807) is 0 Å². The van der Waals surface area contributed by atoms with Gasteiger partial charge in [0, 0.05) is 34.1 Å². The van der Waals surface area contributed by atoms with Gasteiger partial charge in [0.1, 0.15) is 36.9 Å². The molecule has 2 atom stereocenters. The number of halogens is 1. The van der Waals surface area contributed by atoms with Gasteiger partial charge in [-0.25, -0.2) is 9.59 Å². The first kappa shape index (κ1) is 26.6. The standard InChI is InChI=1S/C28H33ClO6/c1-5-18(34-24(30)7-3)16-32-27-20-12-9-10-13-21(20)28(26-22(27)14-11-15-23(26)29)33-17-19(6-2)35-25(31)8-4/h7-8,11,14-15,18-19H,3-6,9-10,12-13,16-17H2,1-2H3. The SMILES string of the molecule is C=CC(=O)OC(CC)COc1c2c(c(OCC(CC)OC(=O)C=C)c3c(Cl)cccc13)CCCC2. The smallest absolute Gasteiger partial charge is 0.330 e. The highest BCUT2D eigenvalue weighted by molar-refractivity contribution is 6.36. The molecule has 0 heterocycles. The first-order valence-electron chi connectivity index (χ1n) is 12.1. The normalized spacial score (nSPS) is 14.4. The molecule has 188 valence electrons. The van der Waals surface area contributed by atoms with Crippen LogP contribution < -0.4 is 9.47 Å². The fraction of sp³-hybridized carbons (Fsp3) is 0.429. The zero-order chi connectivity index (χ0) is 25.4. The number of hydrogen-bond donors (Lipinski definition) is 0. The lowest BCUT2D eigenvalue weighted by Gasteiger charge is -2.27.